The van der Waals surface area contributed by atoms with Gasteiger partial charge in [-0.3, -0.25) is 9.10 Å². The fourth-order valence-corrected chi connectivity index (χ4v) is 4.91. The van der Waals surface area contributed by atoms with E-state index in [4.69, 9.17) is 4.74 Å². The quantitative estimate of drug-likeness (QED) is 0.591. The van der Waals surface area contributed by atoms with E-state index in [2.05, 4.69) is 11.4 Å². The minimum atomic E-state index is -3.93. The lowest BCUT2D eigenvalue weighted by atomic mass is 10.00. The third-order valence-corrected chi connectivity index (χ3v) is 7.02. The largest absolute Gasteiger partial charge is 0.494 e. The van der Waals surface area contributed by atoms with Crippen molar-refractivity contribution >= 4 is 21.6 Å². The number of hydrogen-bond acceptors (Lipinski definition) is 4. The summed E-state index contributed by atoms with van der Waals surface area (Å²) in [5, 5.41) is 2.88. The van der Waals surface area contributed by atoms with Crippen molar-refractivity contribution < 1.29 is 17.9 Å². The van der Waals surface area contributed by atoms with Crippen LogP contribution in [0.4, 0.5) is 5.69 Å². The Balaban J connectivity index is 1.82. The van der Waals surface area contributed by atoms with E-state index >= 15 is 0 Å². The second kappa shape index (κ2) is 10.5. The lowest BCUT2D eigenvalue weighted by Crippen LogP contribution is -2.41. The van der Waals surface area contributed by atoms with Crippen LogP contribution in [0.15, 0.2) is 65.1 Å². The molecule has 7 heteroatoms. The normalized spacial score (nSPS) is 13.9. The van der Waals surface area contributed by atoms with Gasteiger partial charge in [0, 0.05) is 6.54 Å². The minimum Gasteiger partial charge on any atom is -0.494 e. The summed E-state index contributed by atoms with van der Waals surface area (Å²) in [5.74, 6) is 0.267. The summed E-state index contributed by atoms with van der Waals surface area (Å²) >= 11 is 0. The second-order valence-electron chi connectivity index (χ2n) is 7.64. The molecule has 1 N–H and O–H groups in total. The highest BCUT2D eigenvalue weighted by molar-refractivity contribution is 7.92. The maximum absolute atomic E-state index is 13.4. The Morgan fingerprint density at radius 3 is 2.39 bits per heavy atom. The van der Waals surface area contributed by atoms with E-state index in [1.165, 1.54) is 24.1 Å². The molecule has 0 saturated carbocycles. The number of rotatable bonds is 9. The number of carbonyl (C=O) groups is 1. The van der Waals surface area contributed by atoms with Gasteiger partial charge in [-0.2, -0.15) is 0 Å². The Morgan fingerprint density at radius 2 is 1.77 bits per heavy atom. The topological polar surface area (TPSA) is 75.7 Å². The van der Waals surface area contributed by atoms with E-state index < -0.39 is 10.0 Å². The van der Waals surface area contributed by atoms with Crippen LogP contribution < -0.4 is 14.4 Å². The highest BCUT2D eigenvalue weighted by Gasteiger charge is 2.27. The summed E-state index contributed by atoms with van der Waals surface area (Å²) in [6, 6.07) is 13.4. The fraction of sp³-hybridized carbons (Fsp3) is 0.375. The molecule has 0 radical (unpaired) electrons. The van der Waals surface area contributed by atoms with Gasteiger partial charge in [-0.05, 0) is 75.9 Å². The van der Waals surface area contributed by atoms with Crippen LogP contribution in [-0.4, -0.2) is 34.0 Å². The molecule has 166 valence electrons. The summed E-state index contributed by atoms with van der Waals surface area (Å²) in [5.41, 5.74) is 2.67. The molecule has 31 heavy (non-hydrogen) atoms. The molecule has 0 atom stereocenters. The van der Waals surface area contributed by atoms with E-state index in [1.807, 2.05) is 26.0 Å². The lowest BCUT2D eigenvalue weighted by Gasteiger charge is -2.24. The van der Waals surface area contributed by atoms with E-state index in [9.17, 15) is 13.2 Å². The number of aryl methyl sites for hydroxylation is 1. The molecule has 6 nitrogen and oxygen atoms in total. The average Bonchev–Trinajstić information content (AvgIpc) is 2.78. The van der Waals surface area contributed by atoms with Gasteiger partial charge in [0.05, 0.1) is 17.2 Å². The van der Waals surface area contributed by atoms with E-state index in [1.54, 1.807) is 24.3 Å². The van der Waals surface area contributed by atoms with Gasteiger partial charge in [0.25, 0.3) is 10.0 Å². The number of nitrogens with one attached hydrogen (secondary N) is 1. The Bertz CT molecular complexity index is 1010. The number of nitrogens with zero attached hydrogens (tertiary/aromatic N) is 1. The standard InChI is InChI=1S/C24H30N2O4S/c1-3-30-22-13-15-23(16-14-22)31(28,29)26(21-11-9-19(2)10-12-21)18-24(27)25-17-20-7-5-4-6-8-20/h7,9-16H,3-6,8,17-18H2,1-2H3,(H,25,27). The molecule has 0 aliphatic heterocycles. The van der Waals surface area contributed by atoms with E-state index in [-0.39, 0.29) is 17.3 Å². The predicted molar refractivity (Wildman–Crippen MR) is 123 cm³/mol. The number of allylic oxidation sites excluding steroid dienone is 1. The lowest BCUT2D eigenvalue weighted by molar-refractivity contribution is -0.119. The van der Waals surface area contributed by atoms with Gasteiger partial charge in [0.1, 0.15) is 12.3 Å². The minimum absolute atomic E-state index is 0.110. The zero-order valence-electron chi connectivity index (χ0n) is 18.1. The molecule has 2 aromatic carbocycles. The summed E-state index contributed by atoms with van der Waals surface area (Å²) in [7, 11) is -3.93. The van der Waals surface area contributed by atoms with E-state index in [0.29, 0.717) is 24.6 Å². The molecule has 0 aromatic heterocycles. The van der Waals surface area contributed by atoms with Crippen molar-refractivity contribution in [2.24, 2.45) is 0 Å². The number of sulfonamides is 1. The first-order chi connectivity index (χ1) is 14.9. The van der Waals surface area contributed by atoms with Crippen LogP contribution in [0.2, 0.25) is 0 Å². The van der Waals surface area contributed by atoms with Gasteiger partial charge in [0.2, 0.25) is 5.91 Å². The Morgan fingerprint density at radius 1 is 1.06 bits per heavy atom. The molecule has 0 unspecified atom stereocenters. The van der Waals surface area contributed by atoms with Gasteiger partial charge in [-0.15, -0.1) is 0 Å². The first-order valence-corrected chi connectivity index (χ1v) is 12.1. The Kier molecular flexibility index (Phi) is 7.74. The first-order valence-electron chi connectivity index (χ1n) is 10.7. The molecule has 0 heterocycles. The van der Waals surface area contributed by atoms with Crippen LogP contribution >= 0.6 is 0 Å². The number of benzene rings is 2. The van der Waals surface area contributed by atoms with Crippen molar-refractivity contribution in [2.45, 2.75) is 44.4 Å². The van der Waals surface area contributed by atoms with Crippen LogP contribution in [0.25, 0.3) is 0 Å². The van der Waals surface area contributed by atoms with Crippen LogP contribution in [0, 0.1) is 6.92 Å². The van der Waals surface area contributed by atoms with Gasteiger partial charge in [-0.1, -0.05) is 29.3 Å². The van der Waals surface area contributed by atoms with Crippen molar-refractivity contribution in [2.75, 3.05) is 24.0 Å². The summed E-state index contributed by atoms with van der Waals surface area (Å²) in [6.45, 7) is 4.47. The molecule has 1 aliphatic rings. The third kappa shape index (κ3) is 6.10. The Hall–Kier alpha value is -2.80. The summed E-state index contributed by atoms with van der Waals surface area (Å²) in [4.78, 5) is 12.8. The maximum atomic E-state index is 13.4. The smallest absolute Gasteiger partial charge is 0.264 e. The summed E-state index contributed by atoms with van der Waals surface area (Å²) in [6.07, 6.45) is 6.49. The number of anilines is 1. The molecule has 0 spiro atoms. The van der Waals surface area contributed by atoms with Crippen LogP contribution in [-0.2, 0) is 14.8 Å². The van der Waals surface area contributed by atoms with Gasteiger partial charge in [-0.25, -0.2) is 8.42 Å². The average molecular weight is 443 g/mol. The molecule has 0 fully saturated rings. The highest BCUT2D eigenvalue weighted by Crippen LogP contribution is 2.25. The number of hydrogen-bond donors (Lipinski definition) is 1. The molecular formula is C24H30N2O4S. The zero-order chi connectivity index (χ0) is 22.3. The van der Waals surface area contributed by atoms with Crippen molar-refractivity contribution in [1.29, 1.82) is 0 Å². The van der Waals surface area contributed by atoms with Crippen molar-refractivity contribution in [3.8, 4) is 5.75 Å². The van der Waals surface area contributed by atoms with Gasteiger partial charge >= 0.3 is 0 Å². The molecule has 3 rings (SSSR count). The predicted octanol–water partition coefficient (Wildman–Crippen LogP) is 4.21. The SMILES string of the molecule is CCOc1ccc(S(=O)(=O)N(CC(=O)NCC2=CCCCC2)c2ccc(C)cc2)cc1. The Labute approximate surface area is 185 Å². The van der Waals surface area contributed by atoms with Crippen molar-refractivity contribution in [3.05, 3.63) is 65.7 Å². The third-order valence-electron chi connectivity index (χ3n) is 5.23. The molecule has 0 saturated heterocycles. The second-order valence-corrected chi connectivity index (χ2v) is 9.50. The first kappa shape index (κ1) is 22.9. The maximum Gasteiger partial charge on any atom is 0.264 e. The monoisotopic (exact) mass is 442 g/mol. The fourth-order valence-electron chi connectivity index (χ4n) is 3.49. The summed E-state index contributed by atoms with van der Waals surface area (Å²) < 4.78 is 33.4. The number of amides is 1. The number of ether oxygens (including phenoxy) is 1. The van der Waals surface area contributed by atoms with Crippen LogP contribution in [0.3, 0.4) is 0 Å². The van der Waals surface area contributed by atoms with Crippen LogP contribution in [0.5, 0.6) is 5.75 Å². The molecule has 0 bridgehead atoms. The molecule has 1 aliphatic carbocycles. The molecular weight excluding hydrogens is 412 g/mol. The van der Waals surface area contributed by atoms with Gasteiger partial charge in [0.15, 0.2) is 0 Å². The molecule has 1 amide bonds. The molecule has 2 aromatic rings. The zero-order valence-corrected chi connectivity index (χ0v) is 19.0. The van der Waals surface area contributed by atoms with Crippen molar-refractivity contribution in [1.82, 2.24) is 5.32 Å². The van der Waals surface area contributed by atoms with Gasteiger partial charge < -0.3 is 10.1 Å². The van der Waals surface area contributed by atoms with E-state index in [0.717, 1.165) is 29.1 Å². The van der Waals surface area contributed by atoms with Crippen molar-refractivity contribution in [3.63, 3.8) is 0 Å². The van der Waals surface area contributed by atoms with Crippen LogP contribution in [0.1, 0.15) is 38.2 Å². The highest BCUT2D eigenvalue weighted by atomic mass is 32.2. The number of carbonyl (C=O) groups excluding carboxylic acids is 1.